The summed E-state index contributed by atoms with van der Waals surface area (Å²) in [6.07, 6.45) is 9.58. The summed E-state index contributed by atoms with van der Waals surface area (Å²) in [6, 6.07) is 0. The number of anilines is 1. The molecule has 5 nitrogen and oxygen atoms in total. The smallest absolute Gasteiger partial charge is 0.245 e. The average molecular weight is 335 g/mol. The third-order valence-electron chi connectivity index (χ3n) is 4.64. The molecule has 2 aliphatic carbocycles. The molecular weight excluding hydrogens is 310 g/mol. The van der Waals surface area contributed by atoms with Gasteiger partial charge in [0.2, 0.25) is 11.8 Å². The van der Waals surface area contributed by atoms with Crippen LogP contribution in [0.3, 0.4) is 0 Å². The van der Waals surface area contributed by atoms with E-state index in [1.807, 2.05) is 6.92 Å². The number of carbonyl (C=O) groups excluding carboxylic acids is 2. The van der Waals surface area contributed by atoms with Crippen LogP contribution in [0.5, 0.6) is 0 Å². The van der Waals surface area contributed by atoms with Gasteiger partial charge in [0.15, 0.2) is 5.13 Å². The number of hydrogen-bond acceptors (Lipinski definition) is 4. The zero-order valence-electron chi connectivity index (χ0n) is 13.7. The van der Waals surface area contributed by atoms with E-state index in [1.165, 1.54) is 30.6 Å². The predicted octanol–water partition coefficient (Wildman–Crippen LogP) is 3.21. The Morgan fingerprint density at radius 1 is 1.26 bits per heavy atom. The first kappa shape index (κ1) is 16.4. The molecule has 0 atom stereocenters. The number of thiazole rings is 1. The van der Waals surface area contributed by atoms with Gasteiger partial charge in [-0.05, 0) is 38.5 Å². The Labute approximate surface area is 141 Å². The van der Waals surface area contributed by atoms with Crippen molar-refractivity contribution in [1.29, 1.82) is 0 Å². The van der Waals surface area contributed by atoms with Gasteiger partial charge in [0.25, 0.3) is 0 Å². The summed E-state index contributed by atoms with van der Waals surface area (Å²) < 4.78 is 0. The van der Waals surface area contributed by atoms with Crippen molar-refractivity contribution in [3.05, 3.63) is 11.1 Å². The van der Waals surface area contributed by atoms with Crippen molar-refractivity contribution in [2.45, 2.75) is 51.9 Å². The van der Waals surface area contributed by atoms with E-state index in [9.17, 15) is 9.59 Å². The van der Waals surface area contributed by atoms with E-state index in [4.69, 9.17) is 0 Å². The average Bonchev–Trinajstić information content (AvgIpc) is 3.27. The van der Waals surface area contributed by atoms with Crippen LogP contribution in [0.25, 0.3) is 0 Å². The maximum Gasteiger partial charge on any atom is 0.245 e. The third kappa shape index (κ3) is 4.77. The van der Waals surface area contributed by atoms with E-state index in [0.29, 0.717) is 11.0 Å². The molecule has 0 bridgehead atoms. The Morgan fingerprint density at radius 2 is 2.00 bits per heavy atom. The van der Waals surface area contributed by atoms with E-state index in [2.05, 4.69) is 10.3 Å². The van der Waals surface area contributed by atoms with Gasteiger partial charge in [-0.15, -0.1) is 11.3 Å². The second-order valence-corrected chi connectivity index (χ2v) is 8.06. The zero-order valence-corrected chi connectivity index (χ0v) is 14.5. The van der Waals surface area contributed by atoms with Crippen LogP contribution in [0.4, 0.5) is 5.13 Å². The molecule has 23 heavy (non-hydrogen) atoms. The second kappa shape index (κ2) is 7.43. The van der Waals surface area contributed by atoms with Crippen LogP contribution < -0.4 is 5.32 Å². The Kier molecular flexibility index (Phi) is 5.30. The van der Waals surface area contributed by atoms with Crippen molar-refractivity contribution in [1.82, 2.24) is 9.88 Å². The minimum atomic E-state index is -0.135. The standard InChI is InChI=1S/C17H25N3O2S/c1-12-9-18-17(23-12)19-15(21)11-20(10-13-7-8-13)16(22)14-5-3-2-4-6-14/h9,13-14H,2-8,10-11H2,1H3,(H,18,19,21). The molecule has 0 aliphatic heterocycles. The minimum absolute atomic E-state index is 0.123. The zero-order chi connectivity index (χ0) is 16.2. The normalized spacial score (nSPS) is 18.7. The van der Waals surface area contributed by atoms with Gasteiger partial charge in [-0.1, -0.05) is 19.3 Å². The Bertz CT molecular complexity index is 562. The summed E-state index contributed by atoms with van der Waals surface area (Å²) in [6.45, 7) is 2.85. The molecule has 126 valence electrons. The molecule has 0 spiro atoms. The number of hydrogen-bond donors (Lipinski definition) is 1. The molecule has 2 amide bonds. The summed E-state index contributed by atoms with van der Waals surface area (Å²) in [5.41, 5.74) is 0. The molecule has 6 heteroatoms. The number of aryl methyl sites for hydroxylation is 1. The highest BCUT2D eigenvalue weighted by molar-refractivity contribution is 7.15. The van der Waals surface area contributed by atoms with Crippen molar-refractivity contribution in [3.63, 3.8) is 0 Å². The number of rotatable bonds is 6. The monoisotopic (exact) mass is 335 g/mol. The van der Waals surface area contributed by atoms with Gasteiger partial charge < -0.3 is 10.2 Å². The Hall–Kier alpha value is -1.43. The van der Waals surface area contributed by atoms with Crippen LogP contribution in [0.15, 0.2) is 6.20 Å². The highest BCUT2D eigenvalue weighted by Crippen LogP contribution is 2.32. The van der Waals surface area contributed by atoms with Crippen LogP contribution in [0.2, 0.25) is 0 Å². The molecular formula is C17H25N3O2S. The summed E-state index contributed by atoms with van der Waals surface area (Å²) in [7, 11) is 0. The van der Waals surface area contributed by atoms with Gasteiger partial charge in [0.1, 0.15) is 0 Å². The van der Waals surface area contributed by atoms with Crippen LogP contribution in [-0.2, 0) is 9.59 Å². The van der Waals surface area contributed by atoms with Crippen LogP contribution in [0.1, 0.15) is 49.8 Å². The van der Waals surface area contributed by atoms with Gasteiger partial charge in [0, 0.05) is 23.5 Å². The largest absolute Gasteiger partial charge is 0.333 e. The van der Waals surface area contributed by atoms with Crippen molar-refractivity contribution >= 4 is 28.3 Å². The Balaban J connectivity index is 1.58. The molecule has 1 aromatic rings. The molecule has 1 N–H and O–H groups in total. The van der Waals surface area contributed by atoms with E-state index >= 15 is 0 Å². The summed E-state index contributed by atoms with van der Waals surface area (Å²) in [5.74, 6) is 0.765. The van der Waals surface area contributed by atoms with E-state index in [-0.39, 0.29) is 24.3 Å². The molecule has 0 unspecified atom stereocenters. The highest BCUT2D eigenvalue weighted by atomic mass is 32.1. The van der Waals surface area contributed by atoms with Gasteiger partial charge in [-0.3, -0.25) is 9.59 Å². The van der Waals surface area contributed by atoms with Crippen LogP contribution in [0, 0.1) is 18.8 Å². The van der Waals surface area contributed by atoms with Crippen LogP contribution >= 0.6 is 11.3 Å². The lowest BCUT2D eigenvalue weighted by atomic mass is 9.88. The van der Waals surface area contributed by atoms with Gasteiger partial charge in [-0.25, -0.2) is 4.98 Å². The predicted molar refractivity (Wildman–Crippen MR) is 91.4 cm³/mol. The molecule has 1 heterocycles. The number of nitrogens with one attached hydrogen (secondary N) is 1. The lowest BCUT2D eigenvalue weighted by Crippen LogP contribution is -2.43. The first-order valence-electron chi connectivity index (χ1n) is 8.63. The van der Waals surface area contributed by atoms with E-state index < -0.39 is 0 Å². The van der Waals surface area contributed by atoms with Crippen molar-refractivity contribution in [2.75, 3.05) is 18.4 Å². The van der Waals surface area contributed by atoms with Crippen LogP contribution in [-0.4, -0.2) is 34.8 Å². The molecule has 0 radical (unpaired) electrons. The highest BCUT2D eigenvalue weighted by Gasteiger charge is 2.32. The summed E-state index contributed by atoms with van der Waals surface area (Å²) in [4.78, 5) is 32.1. The fraction of sp³-hybridized carbons (Fsp3) is 0.706. The molecule has 2 fully saturated rings. The molecule has 1 aromatic heterocycles. The Morgan fingerprint density at radius 3 is 2.61 bits per heavy atom. The van der Waals surface area contributed by atoms with Gasteiger partial charge in [0.05, 0.1) is 6.54 Å². The number of carbonyl (C=O) groups is 2. The maximum absolute atomic E-state index is 12.8. The second-order valence-electron chi connectivity index (χ2n) is 6.82. The minimum Gasteiger partial charge on any atom is -0.333 e. The molecule has 2 aliphatic rings. The summed E-state index contributed by atoms with van der Waals surface area (Å²) >= 11 is 1.46. The lowest BCUT2D eigenvalue weighted by Gasteiger charge is -2.29. The number of nitrogens with zero attached hydrogens (tertiary/aromatic N) is 2. The lowest BCUT2D eigenvalue weighted by molar-refractivity contribution is -0.139. The first-order chi connectivity index (χ1) is 11.1. The molecule has 0 saturated heterocycles. The number of amides is 2. The molecule has 0 aromatic carbocycles. The quantitative estimate of drug-likeness (QED) is 0.868. The van der Waals surface area contributed by atoms with E-state index in [1.54, 1.807) is 11.1 Å². The fourth-order valence-electron chi connectivity index (χ4n) is 3.20. The topological polar surface area (TPSA) is 62.3 Å². The number of aromatic nitrogens is 1. The fourth-order valence-corrected chi connectivity index (χ4v) is 3.88. The maximum atomic E-state index is 12.8. The van der Waals surface area contributed by atoms with Crippen molar-refractivity contribution < 1.29 is 9.59 Å². The van der Waals surface area contributed by atoms with Crippen molar-refractivity contribution in [2.24, 2.45) is 11.8 Å². The van der Waals surface area contributed by atoms with Gasteiger partial charge in [-0.2, -0.15) is 0 Å². The molecule has 2 saturated carbocycles. The van der Waals surface area contributed by atoms with Gasteiger partial charge >= 0.3 is 0 Å². The summed E-state index contributed by atoms with van der Waals surface area (Å²) in [5, 5.41) is 3.43. The third-order valence-corrected chi connectivity index (χ3v) is 5.47. The van der Waals surface area contributed by atoms with Crippen molar-refractivity contribution in [3.8, 4) is 0 Å². The van der Waals surface area contributed by atoms with E-state index in [0.717, 1.165) is 37.1 Å². The SMILES string of the molecule is Cc1cnc(NC(=O)CN(CC2CC2)C(=O)C2CCCCC2)s1. The first-order valence-corrected chi connectivity index (χ1v) is 9.44. The molecule has 3 rings (SSSR count).